The van der Waals surface area contributed by atoms with Crippen molar-refractivity contribution in [3.8, 4) is 22.1 Å². The van der Waals surface area contributed by atoms with Gasteiger partial charge in [0, 0.05) is 23.4 Å². The normalized spacial score (nSPS) is 11.4. The van der Waals surface area contributed by atoms with Gasteiger partial charge in [-0.2, -0.15) is 0 Å². The number of ether oxygens (including phenoxy) is 3. The number of esters is 1. The molecule has 11 heteroatoms. The molecule has 0 bridgehead atoms. The van der Waals surface area contributed by atoms with E-state index in [-0.39, 0.29) is 10.6 Å². The van der Waals surface area contributed by atoms with Crippen molar-refractivity contribution < 1.29 is 28.7 Å². The van der Waals surface area contributed by atoms with Crippen LogP contribution in [-0.4, -0.2) is 42.1 Å². The molecule has 172 valence electrons. The summed E-state index contributed by atoms with van der Waals surface area (Å²) in [7, 11) is 3.07. The Morgan fingerprint density at radius 1 is 1.09 bits per heavy atom. The van der Waals surface area contributed by atoms with Crippen molar-refractivity contribution in [3.63, 3.8) is 0 Å². The Bertz CT molecular complexity index is 1190. The highest BCUT2D eigenvalue weighted by Gasteiger charge is 2.24. The van der Waals surface area contributed by atoms with Gasteiger partial charge in [-0.05, 0) is 44.2 Å². The lowest BCUT2D eigenvalue weighted by atomic mass is 10.2. The van der Waals surface area contributed by atoms with Crippen LogP contribution < -0.4 is 14.8 Å². The molecule has 33 heavy (non-hydrogen) atoms. The van der Waals surface area contributed by atoms with Crippen LogP contribution in [0.5, 0.6) is 11.5 Å². The van der Waals surface area contributed by atoms with E-state index in [1.54, 1.807) is 25.1 Å². The largest absolute Gasteiger partial charge is 0.493 e. The average Bonchev–Trinajstić information content (AvgIpc) is 3.20. The molecule has 0 saturated heterocycles. The summed E-state index contributed by atoms with van der Waals surface area (Å²) in [5.74, 6) is -0.145. The molecular formula is C22H21N3O7S. The van der Waals surface area contributed by atoms with Crippen molar-refractivity contribution in [1.29, 1.82) is 0 Å². The Hall–Kier alpha value is -3.99. The highest BCUT2D eigenvalue weighted by molar-refractivity contribution is 7.17. The van der Waals surface area contributed by atoms with E-state index in [0.29, 0.717) is 27.9 Å². The van der Waals surface area contributed by atoms with Gasteiger partial charge in [0.2, 0.25) is 0 Å². The number of amides is 1. The van der Waals surface area contributed by atoms with Gasteiger partial charge >= 0.3 is 5.97 Å². The number of rotatable bonds is 8. The van der Waals surface area contributed by atoms with Crippen LogP contribution in [-0.2, 0) is 9.53 Å². The van der Waals surface area contributed by atoms with E-state index in [1.165, 1.54) is 45.4 Å². The van der Waals surface area contributed by atoms with E-state index < -0.39 is 22.9 Å². The van der Waals surface area contributed by atoms with E-state index in [0.717, 1.165) is 16.9 Å². The number of anilines is 1. The second kappa shape index (κ2) is 10.1. The Kier molecular flexibility index (Phi) is 7.23. The number of non-ortho nitro benzene ring substituents is 1. The second-order valence-corrected chi connectivity index (χ2v) is 7.84. The Morgan fingerprint density at radius 3 is 2.36 bits per heavy atom. The molecule has 0 saturated carbocycles. The summed E-state index contributed by atoms with van der Waals surface area (Å²) in [5.41, 5.74) is 1.46. The quantitative estimate of drug-likeness (QED) is 0.293. The molecule has 0 aliphatic rings. The molecule has 1 aromatic heterocycles. The van der Waals surface area contributed by atoms with Gasteiger partial charge in [-0.3, -0.25) is 14.9 Å². The molecule has 0 spiro atoms. The number of carbonyl (C=O) groups excluding carboxylic acids is 2. The third kappa shape index (κ3) is 5.44. The predicted octanol–water partition coefficient (Wildman–Crippen LogP) is 4.23. The third-order valence-corrected chi connectivity index (χ3v) is 5.80. The first kappa shape index (κ1) is 23.7. The van der Waals surface area contributed by atoms with E-state index in [9.17, 15) is 19.7 Å². The van der Waals surface area contributed by atoms with Crippen molar-refractivity contribution in [2.24, 2.45) is 0 Å². The number of thiazole rings is 1. The van der Waals surface area contributed by atoms with Crippen molar-refractivity contribution in [2.75, 3.05) is 19.5 Å². The molecule has 3 aromatic rings. The van der Waals surface area contributed by atoms with Crippen LogP contribution in [0.15, 0.2) is 42.5 Å². The maximum absolute atomic E-state index is 12.7. The van der Waals surface area contributed by atoms with Crippen molar-refractivity contribution in [3.05, 3.63) is 63.1 Å². The van der Waals surface area contributed by atoms with Crippen molar-refractivity contribution in [1.82, 2.24) is 4.98 Å². The number of nitro benzene ring substituents is 1. The first-order chi connectivity index (χ1) is 15.7. The van der Waals surface area contributed by atoms with Gasteiger partial charge in [0.05, 0.1) is 24.8 Å². The molecule has 0 aliphatic heterocycles. The molecular weight excluding hydrogens is 450 g/mol. The van der Waals surface area contributed by atoms with Crippen LogP contribution in [0.4, 0.5) is 11.4 Å². The standard InChI is InChI=1S/C22H21N3O7S/c1-12-19(33-21(23-12)14-5-10-17(30-3)18(11-14)31-4)22(27)32-13(2)20(26)24-15-6-8-16(9-7-15)25(28)29/h5-11,13H,1-4H3,(H,24,26). The molecule has 0 aliphatic carbocycles. The summed E-state index contributed by atoms with van der Waals surface area (Å²) >= 11 is 1.14. The zero-order chi connectivity index (χ0) is 24.1. The Labute approximate surface area is 193 Å². The zero-order valence-corrected chi connectivity index (χ0v) is 19.1. The lowest BCUT2D eigenvalue weighted by Gasteiger charge is -2.13. The third-order valence-electron chi connectivity index (χ3n) is 4.61. The lowest BCUT2D eigenvalue weighted by molar-refractivity contribution is -0.384. The van der Waals surface area contributed by atoms with Crippen LogP contribution in [0.2, 0.25) is 0 Å². The molecule has 2 aromatic carbocycles. The average molecular weight is 471 g/mol. The summed E-state index contributed by atoms with van der Waals surface area (Å²) in [6.45, 7) is 3.11. The topological polar surface area (TPSA) is 130 Å². The summed E-state index contributed by atoms with van der Waals surface area (Å²) < 4.78 is 15.9. The van der Waals surface area contributed by atoms with E-state index in [4.69, 9.17) is 14.2 Å². The van der Waals surface area contributed by atoms with Gasteiger partial charge < -0.3 is 19.5 Å². The highest BCUT2D eigenvalue weighted by atomic mass is 32.1. The van der Waals surface area contributed by atoms with Gasteiger partial charge in [-0.1, -0.05) is 0 Å². The monoisotopic (exact) mass is 471 g/mol. The zero-order valence-electron chi connectivity index (χ0n) is 18.3. The maximum Gasteiger partial charge on any atom is 0.351 e. The number of hydrogen-bond donors (Lipinski definition) is 1. The number of nitro groups is 1. The smallest absolute Gasteiger partial charge is 0.351 e. The van der Waals surface area contributed by atoms with Crippen LogP contribution >= 0.6 is 11.3 Å². The fourth-order valence-electron chi connectivity index (χ4n) is 2.86. The van der Waals surface area contributed by atoms with E-state index in [2.05, 4.69) is 10.3 Å². The number of carbonyl (C=O) groups is 2. The summed E-state index contributed by atoms with van der Waals surface area (Å²) in [4.78, 5) is 39.9. The van der Waals surface area contributed by atoms with Crippen LogP contribution in [0.25, 0.3) is 10.6 Å². The number of aromatic nitrogens is 1. The number of hydrogen-bond acceptors (Lipinski definition) is 9. The molecule has 1 N–H and O–H groups in total. The van der Waals surface area contributed by atoms with E-state index in [1.807, 2.05) is 0 Å². The first-order valence-electron chi connectivity index (χ1n) is 9.69. The predicted molar refractivity (Wildman–Crippen MR) is 122 cm³/mol. The minimum absolute atomic E-state index is 0.0987. The minimum Gasteiger partial charge on any atom is -0.493 e. The van der Waals surface area contributed by atoms with Crippen LogP contribution in [0.3, 0.4) is 0 Å². The Morgan fingerprint density at radius 2 is 1.76 bits per heavy atom. The van der Waals surface area contributed by atoms with Gasteiger partial charge in [0.25, 0.3) is 11.6 Å². The SMILES string of the molecule is COc1ccc(-c2nc(C)c(C(=O)OC(C)C(=O)Nc3ccc([N+](=O)[O-])cc3)s2)cc1OC. The van der Waals surface area contributed by atoms with Gasteiger partial charge in [0.15, 0.2) is 17.6 Å². The summed E-state index contributed by atoms with van der Waals surface area (Å²) in [5, 5.41) is 13.9. The second-order valence-electron chi connectivity index (χ2n) is 6.84. The fraction of sp³-hybridized carbons (Fsp3) is 0.227. The van der Waals surface area contributed by atoms with E-state index >= 15 is 0 Å². The molecule has 1 heterocycles. The summed E-state index contributed by atoms with van der Waals surface area (Å²) in [6, 6.07) is 10.6. The van der Waals surface area contributed by atoms with Crippen LogP contribution in [0.1, 0.15) is 22.3 Å². The van der Waals surface area contributed by atoms with Gasteiger partial charge in [-0.15, -0.1) is 11.3 Å². The minimum atomic E-state index is -1.10. The molecule has 1 amide bonds. The Balaban J connectivity index is 1.69. The van der Waals surface area contributed by atoms with Crippen LogP contribution in [0, 0.1) is 17.0 Å². The lowest BCUT2D eigenvalue weighted by Crippen LogP contribution is -2.29. The number of nitrogens with one attached hydrogen (secondary N) is 1. The molecule has 1 unspecified atom stereocenters. The number of nitrogens with zero attached hydrogens (tertiary/aromatic N) is 2. The molecule has 10 nitrogen and oxygen atoms in total. The van der Waals surface area contributed by atoms with Crippen molar-refractivity contribution in [2.45, 2.75) is 20.0 Å². The van der Waals surface area contributed by atoms with Crippen molar-refractivity contribution >= 4 is 34.6 Å². The number of benzene rings is 2. The fourth-order valence-corrected chi connectivity index (χ4v) is 3.80. The molecule has 0 fully saturated rings. The number of methoxy groups -OCH3 is 2. The maximum atomic E-state index is 12.7. The molecule has 1 atom stereocenters. The molecule has 3 rings (SSSR count). The molecule has 0 radical (unpaired) electrons. The van der Waals surface area contributed by atoms with Gasteiger partial charge in [-0.25, -0.2) is 9.78 Å². The number of aryl methyl sites for hydroxylation is 1. The van der Waals surface area contributed by atoms with Gasteiger partial charge in [0.1, 0.15) is 9.88 Å². The summed E-state index contributed by atoms with van der Waals surface area (Å²) in [6.07, 6.45) is -1.10. The first-order valence-corrected chi connectivity index (χ1v) is 10.5. The highest BCUT2D eigenvalue weighted by Crippen LogP contribution is 2.35.